The first-order valence-electron chi connectivity index (χ1n) is 8.13. The third-order valence-corrected chi connectivity index (χ3v) is 3.28. The van der Waals surface area contributed by atoms with E-state index in [2.05, 4.69) is 43.2 Å². The molecule has 0 spiro atoms. The van der Waals surface area contributed by atoms with Gasteiger partial charge in [0, 0.05) is 18.3 Å². The molecule has 0 aliphatic heterocycles. The molecule has 1 heterocycles. The summed E-state index contributed by atoms with van der Waals surface area (Å²) in [4.78, 5) is 4.55. The molecular weight excluding hydrogens is 248 g/mol. The van der Waals surface area contributed by atoms with Gasteiger partial charge in [-0.2, -0.15) is 0 Å². The van der Waals surface area contributed by atoms with Gasteiger partial charge in [0.05, 0.1) is 6.61 Å². The highest BCUT2D eigenvalue weighted by Gasteiger charge is 2.03. The van der Waals surface area contributed by atoms with E-state index in [0.717, 1.165) is 50.5 Å². The Balaban J connectivity index is 2.49. The number of nitrogens with one attached hydrogen (secondary N) is 1. The zero-order valence-electron chi connectivity index (χ0n) is 13.4. The molecule has 0 aromatic carbocycles. The van der Waals surface area contributed by atoms with Gasteiger partial charge in [0.2, 0.25) is 5.88 Å². The predicted molar refractivity (Wildman–Crippen MR) is 85.2 cm³/mol. The molecular formula is C17H30N2O. The molecule has 0 fully saturated rings. The van der Waals surface area contributed by atoms with Crippen molar-refractivity contribution in [1.82, 2.24) is 10.3 Å². The summed E-state index contributed by atoms with van der Waals surface area (Å²) in [5.74, 6) is 0.786. The Labute approximate surface area is 124 Å². The van der Waals surface area contributed by atoms with Crippen LogP contribution in [0.1, 0.15) is 64.1 Å². The van der Waals surface area contributed by atoms with E-state index in [1.165, 1.54) is 24.8 Å². The van der Waals surface area contributed by atoms with Crippen LogP contribution in [0.2, 0.25) is 0 Å². The molecule has 0 aliphatic carbocycles. The van der Waals surface area contributed by atoms with Gasteiger partial charge in [-0.15, -0.1) is 0 Å². The number of hydrogen-bond acceptors (Lipinski definition) is 3. The lowest BCUT2D eigenvalue weighted by atomic mass is 10.2. The summed E-state index contributed by atoms with van der Waals surface area (Å²) in [7, 11) is 0. The minimum atomic E-state index is 0.780. The molecule has 0 saturated carbocycles. The molecule has 0 unspecified atom stereocenters. The predicted octanol–water partition coefficient (Wildman–Crippen LogP) is 4.10. The van der Waals surface area contributed by atoms with Crippen LogP contribution in [0.3, 0.4) is 0 Å². The Morgan fingerprint density at radius 1 is 1.05 bits per heavy atom. The van der Waals surface area contributed by atoms with E-state index in [-0.39, 0.29) is 0 Å². The van der Waals surface area contributed by atoms with Gasteiger partial charge in [0.25, 0.3) is 0 Å². The van der Waals surface area contributed by atoms with E-state index < -0.39 is 0 Å². The summed E-state index contributed by atoms with van der Waals surface area (Å²) in [5.41, 5.74) is 2.39. The number of nitrogens with zero attached hydrogens (tertiary/aromatic N) is 1. The molecule has 20 heavy (non-hydrogen) atoms. The van der Waals surface area contributed by atoms with Crippen molar-refractivity contribution in [2.45, 2.75) is 65.8 Å². The summed E-state index contributed by atoms with van der Waals surface area (Å²) in [6.45, 7) is 9.27. The first kappa shape index (κ1) is 17.0. The average molecular weight is 278 g/mol. The lowest BCUT2D eigenvalue weighted by Crippen LogP contribution is -2.14. The van der Waals surface area contributed by atoms with E-state index >= 15 is 0 Å². The molecule has 0 amide bonds. The Morgan fingerprint density at radius 3 is 2.60 bits per heavy atom. The molecule has 1 rings (SSSR count). The second-order valence-corrected chi connectivity index (χ2v) is 5.24. The van der Waals surface area contributed by atoms with Gasteiger partial charge in [-0.3, -0.25) is 0 Å². The van der Waals surface area contributed by atoms with Crippen LogP contribution in [0.4, 0.5) is 0 Å². The molecule has 114 valence electrons. The molecule has 3 heteroatoms. The number of aromatic nitrogens is 1. The van der Waals surface area contributed by atoms with Crippen molar-refractivity contribution in [2.75, 3.05) is 13.2 Å². The van der Waals surface area contributed by atoms with Crippen LogP contribution in [-0.2, 0) is 13.0 Å². The van der Waals surface area contributed by atoms with E-state index in [4.69, 9.17) is 4.74 Å². The minimum Gasteiger partial charge on any atom is -0.478 e. The van der Waals surface area contributed by atoms with Crippen molar-refractivity contribution in [3.63, 3.8) is 0 Å². The Kier molecular flexibility index (Phi) is 9.05. The SMILES string of the molecule is CCCCCCOc1cc(CNCCC)cc(CC)n1. The fourth-order valence-corrected chi connectivity index (χ4v) is 2.09. The molecule has 0 saturated heterocycles. The van der Waals surface area contributed by atoms with Crippen LogP contribution in [0.25, 0.3) is 0 Å². The average Bonchev–Trinajstić information content (AvgIpc) is 2.47. The Hall–Kier alpha value is -1.09. The third kappa shape index (κ3) is 6.90. The van der Waals surface area contributed by atoms with Crippen molar-refractivity contribution >= 4 is 0 Å². The smallest absolute Gasteiger partial charge is 0.213 e. The molecule has 0 aliphatic rings. The first-order chi connectivity index (χ1) is 9.80. The number of pyridine rings is 1. The monoisotopic (exact) mass is 278 g/mol. The quantitative estimate of drug-likeness (QED) is 0.619. The van der Waals surface area contributed by atoms with Crippen LogP contribution in [0, 0.1) is 0 Å². The molecule has 1 aromatic rings. The second kappa shape index (κ2) is 10.7. The van der Waals surface area contributed by atoms with E-state index in [1.807, 2.05) is 0 Å². The van der Waals surface area contributed by atoms with Gasteiger partial charge < -0.3 is 10.1 Å². The zero-order chi connectivity index (χ0) is 14.6. The lowest BCUT2D eigenvalue weighted by molar-refractivity contribution is 0.292. The maximum Gasteiger partial charge on any atom is 0.213 e. The summed E-state index contributed by atoms with van der Waals surface area (Å²) in [6.07, 6.45) is 7.03. The zero-order valence-corrected chi connectivity index (χ0v) is 13.4. The minimum absolute atomic E-state index is 0.780. The van der Waals surface area contributed by atoms with Gasteiger partial charge in [0.15, 0.2) is 0 Å². The fraction of sp³-hybridized carbons (Fsp3) is 0.706. The van der Waals surface area contributed by atoms with E-state index in [0.29, 0.717) is 0 Å². The van der Waals surface area contributed by atoms with Gasteiger partial charge in [0.1, 0.15) is 0 Å². The molecule has 0 radical (unpaired) electrons. The number of rotatable bonds is 11. The Morgan fingerprint density at radius 2 is 1.90 bits per heavy atom. The van der Waals surface area contributed by atoms with Gasteiger partial charge in [-0.05, 0) is 37.4 Å². The summed E-state index contributed by atoms with van der Waals surface area (Å²) in [5, 5.41) is 3.43. The second-order valence-electron chi connectivity index (χ2n) is 5.24. The molecule has 0 atom stereocenters. The maximum atomic E-state index is 5.80. The van der Waals surface area contributed by atoms with Crippen molar-refractivity contribution in [2.24, 2.45) is 0 Å². The first-order valence-corrected chi connectivity index (χ1v) is 8.13. The van der Waals surface area contributed by atoms with Crippen molar-refractivity contribution in [3.05, 3.63) is 23.4 Å². The highest BCUT2D eigenvalue weighted by Crippen LogP contribution is 2.14. The van der Waals surface area contributed by atoms with Crippen LogP contribution >= 0.6 is 0 Å². The van der Waals surface area contributed by atoms with Crippen molar-refractivity contribution in [3.8, 4) is 5.88 Å². The summed E-state index contributed by atoms with van der Waals surface area (Å²) >= 11 is 0. The largest absolute Gasteiger partial charge is 0.478 e. The number of hydrogen-bond donors (Lipinski definition) is 1. The molecule has 0 bridgehead atoms. The normalized spacial score (nSPS) is 10.8. The standard InChI is InChI=1S/C17H30N2O/c1-4-7-8-9-11-20-17-13-15(14-18-10-5-2)12-16(6-3)19-17/h12-13,18H,4-11,14H2,1-3H3. The van der Waals surface area contributed by atoms with Crippen molar-refractivity contribution in [1.29, 1.82) is 0 Å². The van der Waals surface area contributed by atoms with Crippen molar-refractivity contribution < 1.29 is 4.74 Å². The molecule has 1 aromatic heterocycles. The summed E-state index contributed by atoms with van der Waals surface area (Å²) in [6, 6.07) is 4.24. The van der Waals surface area contributed by atoms with E-state index in [9.17, 15) is 0 Å². The highest BCUT2D eigenvalue weighted by atomic mass is 16.5. The molecule has 1 N–H and O–H groups in total. The topological polar surface area (TPSA) is 34.1 Å². The maximum absolute atomic E-state index is 5.80. The van der Waals surface area contributed by atoms with Crippen LogP contribution in [0.5, 0.6) is 5.88 Å². The van der Waals surface area contributed by atoms with Crippen LogP contribution < -0.4 is 10.1 Å². The highest BCUT2D eigenvalue weighted by molar-refractivity contribution is 5.25. The number of aryl methyl sites for hydroxylation is 1. The fourth-order valence-electron chi connectivity index (χ4n) is 2.09. The van der Waals surface area contributed by atoms with Gasteiger partial charge >= 0.3 is 0 Å². The third-order valence-electron chi connectivity index (χ3n) is 3.28. The van der Waals surface area contributed by atoms with Crippen LogP contribution in [-0.4, -0.2) is 18.1 Å². The number of unbranched alkanes of at least 4 members (excludes halogenated alkanes) is 3. The van der Waals surface area contributed by atoms with Crippen LogP contribution in [0.15, 0.2) is 12.1 Å². The Bertz CT molecular complexity index is 366. The number of ether oxygens (including phenoxy) is 1. The van der Waals surface area contributed by atoms with Gasteiger partial charge in [-0.1, -0.05) is 40.0 Å². The van der Waals surface area contributed by atoms with E-state index in [1.54, 1.807) is 0 Å². The van der Waals surface area contributed by atoms with Gasteiger partial charge in [-0.25, -0.2) is 4.98 Å². The lowest BCUT2D eigenvalue weighted by Gasteiger charge is -2.10. The molecule has 3 nitrogen and oxygen atoms in total. The summed E-state index contributed by atoms with van der Waals surface area (Å²) < 4.78 is 5.80.